The van der Waals surface area contributed by atoms with E-state index in [0.29, 0.717) is 6.54 Å². The number of aromatic nitrogens is 1. The first-order chi connectivity index (χ1) is 9.70. The summed E-state index contributed by atoms with van der Waals surface area (Å²) in [4.78, 5) is 8.96. The minimum absolute atomic E-state index is 0.256. The average Bonchev–Trinajstić information content (AvgIpc) is 2.64. The highest BCUT2D eigenvalue weighted by Gasteiger charge is 2.17. The van der Waals surface area contributed by atoms with Crippen LogP contribution in [0.1, 0.15) is 25.3 Å². The number of pyridine rings is 1. The zero-order valence-corrected chi connectivity index (χ0v) is 12.5. The van der Waals surface area contributed by atoms with Crippen molar-refractivity contribution in [1.29, 1.82) is 0 Å². The number of nitrogens with zero attached hydrogens (tertiary/aromatic N) is 3. The SMILES string of the molecule is CCCNCc1cc(F)cnc1N1CCCN(C)CC1. The number of nitrogens with one attached hydrogen (secondary N) is 1. The van der Waals surface area contributed by atoms with Crippen LogP contribution in [0.2, 0.25) is 0 Å². The van der Waals surface area contributed by atoms with Crippen LogP contribution in [0.3, 0.4) is 0 Å². The molecule has 1 aromatic rings. The Morgan fingerprint density at radius 3 is 2.95 bits per heavy atom. The average molecular weight is 280 g/mol. The summed E-state index contributed by atoms with van der Waals surface area (Å²) in [7, 11) is 2.14. The Morgan fingerprint density at radius 1 is 1.30 bits per heavy atom. The van der Waals surface area contributed by atoms with E-state index in [-0.39, 0.29) is 5.82 Å². The number of anilines is 1. The van der Waals surface area contributed by atoms with Crippen molar-refractivity contribution in [3.63, 3.8) is 0 Å². The number of hydrogen-bond donors (Lipinski definition) is 1. The molecule has 0 aliphatic carbocycles. The molecule has 2 rings (SSSR count). The normalized spacial score (nSPS) is 17.2. The van der Waals surface area contributed by atoms with Crippen LogP contribution in [0, 0.1) is 5.82 Å². The maximum Gasteiger partial charge on any atom is 0.141 e. The quantitative estimate of drug-likeness (QED) is 0.834. The van der Waals surface area contributed by atoms with Crippen LogP contribution in [0.15, 0.2) is 12.3 Å². The molecule has 0 atom stereocenters. The molecule has 0 bridgehead atoms. The molecular formula is C15H25FN4. The third-order valence-electron chi connectivity index (χ3n) is 3.67. The molecule has 0 saturated carbocycles. The maximum atomic E-state index is 13.4. The van der Waals surface area contributed by atoms with Gasteiger partial charge in [0.25, 0.3) is 0 Å². The molecule has 20 heavy (non-hydrogen) atoms. The summed E-state index contributed by atoms with van der Waals surface area (Å²) in [5.41, 5.74) is 0.961. The molecule has 2 heterocycles. The highest BCUT2D eigenvalue weighted by Crippen LogP contribution is 2.20. The van der Waals surface area contributed by atoms with Crippen LogP contribution in [0.4, 0.5) is 10.2 Å². The Morgan fingerprint density at radius 2 is 2.15 bits per heavy atom. The standard InChI is InChI=1S/C15H25FN4/c1-3-5-17-11-13-10-14(16)12-18-15(13)20-7-4-6-19(2)8-9-20/h10,12,17H,3-9,11H2,1-2H3. The van der Waals surface area contributed by atoms with E-state index >= 15 is 0 Å². The molecule has 1 N–H and O–H groups in total. The molecular weight excluding hydrogens is 255 g/mol. The van der Waals surface area contributed by atoms with E-state index in [1.54, 1.807) is 6.07 Å². The number of halogens is 1. The fourth-order valence-corrected chi connectivity index (χ4v) is 2.55. The Labute approximate surface area is 121 Å². The Kier molecular flexibility index (Phi) is 5.73. The molecule has 0 unspecified atom stereocenters. The molecule has 5 heteroatoms. The molecule has 112 valence electrons. The summed E-state index contributed by atoms with van der Waals surface area (Å²) < 4.78 is 13.4. The summed E-state index contributed by atoms with van der Waals surface area (Å²) in [6.07, 6.45) is 3.53. The highest BCUT2D eigenvalue weighted by atomic mass is 19.1. The van der Waals surface area contributed by atoms with Crippen molar-refractivity contribution in [1.82, 2.24) is 15.2 Å². The summed E-state index contributed by atoms with van der Waals surface area (Å²) in [5.74, 6) is 0.680. The lowest BCUT2D eigenvalue weighted by Gasteiger charge is -2.24. The van der Waals surface area contributed by atoms with Gasteiger partial charge in [0.15, 0.2) is 0 Å². The lowest BCUT2D eigenvalue weighted by molar-refractivity contribution is 0.360. The van der Waals surface area contributed by atoms with Crippen LogP contribution in [0.25, 0.3) is 0 Å². The van der Waals surface area contributed by atoms with Gasteiger partial charge in [-0.1, -0.05) is 6.92 Å². The van der Waals surface area contributed by atoms with Crippen molar-refractivity contribution in [3.8, 4) is 0 Å². The van der Waals surface area contributed by atoms with Gasteiger partial charge in [0.1, 0.15) is 11.6 Å². The van der Waals surface area contributed by atoms with Gasteiger partial charge in [0, 0.05) is 31.7 Å². The highest BCUT2D eigenvalue weighted by molar-refractivity contribution is 5.47. The molecule has 0 aromatic carbocycles. The van der Waals surface area contributed by atoms with Gasteiger partial charge in [-0.05, 0) is 39.0 Å². The van der Waals surface area contributed by atoms with Crippen LogP contribution < -0.4 is 10.2 Å². The van der Waals surface area contributed by atoms with E-state index in [1.807, 2.05) is 0 Å². The lowest BCUT2D eigenvalue weighted by atomic mass is 10.2. The minimum atomic E-state index is -0.256. The van der Waals surface area contributed by atoms with Crippen LogP contribution in [-0.4, -0.2) is 49.7 Å². The molecule has 1 saturated heterocycles. The van der Waals surface area contributed by atoms with Gasteiger partial charge in [-0.2, -0.15) is 0 Å². The van der Waals surface area contributed by atoms with E-state index < -0.39 is 0 Å². The van der Waals surface area contributed by atoms with E-state index in [0.717, 1.165) is 56.9 Å². The molecule has 1 fully saturated rings. The van der Waals surface area contributed by atoms with Gasteiger partial charge >= 0.3 is 0 Å². The summed E-state index contributed by atoms with van der Waals surface area (Å²) >= 11 is 0. The van der Waals surface area contributed by atoms with Crippen LogP contribution >= 0.6 is 0 Å². The van der Waals surface area contributed by atoms with Crippen molar-refractivity contribution >= 4 is 5.82 Å². The lowest BCUT2D eigenvalue weighted by Crippen LogP contribution is -2.31. The summed E-state index contributed by atoms with van der Waals surface area (Å²) in [5, 5.41) is 3.34. The zero-order chi connectivity index (χ0) is 14.4. The van der Waals surface area contributed by atoms with Gasteiger partial charge in [0.05, 0.1) is 6.20 Å². The van der Waals surface area contributed by atoms with E-state index in [9.17, 15) is 4.39 Å². The molecule has 1 aliphatic rings. The van der Waals surface area contributed by atoms with Gasteiger partial charge in [-0.15, -0.1) is 0 Å². The first-order valence-corrected chi connectivity index (χ1v) is 7.49. The van der Waals surface area contributed by atoms with E-state index in [2.05, 4.69) is 34.1 Å². The molecule has 0 amide bonds. The maximum absolute atomic E-state index is 13.4. The second-order valence-electron chi connectivity index (χ2n) is 5.46. The second kappa shape index (κ2) is 7.55. The topological polar surface area (TPSA) is 31.4 Å². The Balaban J connectivity index is 2.12. The van der Waals surface area contributed by atoms with Gasteiger partial charge < -0.3 is 15.1 Å². The number of likely N-dealkylation sites (N-methyl/N-ethyl adjacent to an activating group) is 1. The van der Waals surface area contributed by atoms with Crippen LogP contribution in [0.5, 0.6) is 0 Å². The van der Waals surface area contributed by atoms with E-state index in [1.165, 1.54) is 6.20 Å². The van der Waals surface area contributed by atoms with Gasteiger partial charge in [-0.25, -0.2) is 9.37 Å². The first-order valence-electron chi connectivity index (χ1n) is 7.49. The number of rotatable bonds is 5. The summed E-state index contributed by atoms with van der Waals surface area (Å²) in [6, 6.07) is 1.61. The smallest absolute Gasteiger partial charge is 0.141 e. The van der Waals surface area contributed by atoms with Crippen molar-refractivity contribution in [3.05, 3.63) is 23.6 Å². The van der Waals surface area contributed by atoms with Crippen LogP contribution in [-0.2, 0) is 6.54 Å². The van der Waals surface area contributed by atoms with Gasteiger partial charge in [-0.3, -0.25) is 0 Å². The first kappa shape index (κ1) is 15.2. The zero-order valence-electron chi connectivity index (χ0n) is 12.5. The largest absolute Gasteiger partial charge is 0.355 e. The molecule has 0 spiro atoms. The molecule has 0 radical (unpaired) electrons. The molecule has 1 aromatic heterocycles. The van der Waals surface area contributed by atoms with Crippen molar-refractivity contribution in [2.75, 3.05) is 44.7 Å². The predicted octanol–water partition coefficient (Wildman–Crippen LogP) is 1.86. The monoisotopic (exact) mass is 280 g/mol. The fraction of sp³-hybridized carbons (Fsp3) is 0.667. The molecule has 1 aliphatic heterocycles. The third kappa shape index (κ3) is 4.15. The summed E-state index contributed by atoms with van der Waals surface area (Å²) in [6.45, 7) is 7.84. The van der Waals surface area contributed by atoms with Crippen molar-refractivity contribution in [2.45, 2.75) is 26.3 Å². The predicted molar refractivity (Wildman–Crippen MR) is 80.5 cm³/mol. The second-order valence-corrected chi connectivity index (χ2v) is 5.46. The fourth-order valence-electron chi connectivity index (χ4n) is 2.55. The minimum Gasteiger partial charge on any atom is -0.355 e. The third-order valence-corrected chi connectivity index (χ3v) is 3.67. The van der Waals surface area contributed by atoms with Crippen molar-refractivity contribution in [2.24, 2.45) is 0 Å². The van der Waals surface area contributed by atoms with Gasteiger partial charge in [0.2, 0.25) is 0 Å². The number of hydrogen-bond acceptors (Lipinski definition) is 4. The van der Waals surface area contributed by atoms with Crippen molar-refractivity contribution < 1.29 is 4.39 Å². The molecule has 4 nitrogen and oxygen atoms in total. The van der Waals surface area contributed by atoms with E-state index in [4.69, 9.17) is 0 Å². The Bertz CT molecular complexity index is 424. The Hall–Kier alpha value is -1.20.